The van der Waals surface area contributed by atoms with Crippen LogP contribution in [0.25, 0.3) is 0 Å². The molecule has 3 aromatic carbocycles. The molecule has 0 saturated carbocycles. The smallest absolute Gasteiger partial charge is 0.261 e. The van der Waals surface area contributed by atoms with E-state index in [4.69, 9.17) is 14.2 Å². The Morgan fingerprint density at radius 3 is 2.59 bits per heavy atom. The zero-order valence-electron chi connectivity index (χ0n) is 19.1. The number of carbonyl (C=O) groups excluding carboxylic acids is 2. The van der Waals surface area contributed by atoms with Gasteiger partial charge in [0.25, 0.3) is 11.8 Å². The molecule has 0 aliphatic carbocycles. The lowest BCUT2D eigenvalue weighted by molar-refractivity contribution is -0.140. The fraction of sp³-hybridized carbons (Fsp3) is 0.231. The number of methoxy groups -OCH3 is 2. The number of amides is 2. The maximum Gasteiger partial charge on any atom is 0.261 e. The zero-order valence-corrected chi connectivity index (χ0v) is 20.7. The summed E-state index contributed by atoms with van der Waals surface area (Å²) in [5, 5.41) is 2.95. The van der Waals surface area contributed by atoms with Crippen molar-refractivity contribution in [3.05, 3.63) is 81.8 Å². The summed E-state index contributed by atoms with van der Waals surface area (Å²) in [5.74, 6) is 1.12. The first-order valence-corrected chi connectivity index (χ1v) is 11.5. The maximum atomic E-state index is 13.7. The summed E-state index contributed by atoms with van der Waals surface area (Å²) < 4.78 is 17.6. The first-order valence-electron chi connectivity index (χ1n) is 10.7. The van der Waals surface area contributed by atoms with E-state index in [0.29, 0.717) is 28.5 Å². The van der Waals surface area contributed by atoms with E-state index in [1.54, 1.807) is 38.5 Å². The largest absolute Gasteiger partial charge is 0.497 e. The molecule has 1 atom stereocenters. The summed E-state index contributed by atoms with van der Waals surface area (Å²) in [5.41, 5.74) is 2.86. The summed E-state index contributed by atoms with van der Waals surface area (Å²) in [6, 6.07) is 17.3. The quantitative estimate of drug-likeness (QED) is 0.497. The number of ether oxygens (including phenoxy) is 3. The van der Waals surface area contributed by atoms with E-state index in [-0.39, 0.29) is 25.0 Å². The Balaban J connectivity index is 1.76. The first-order chi connectivity index (χ1) is 16.4. The third-order valence-electron chi connectivity index (χ3n) is 5.70. The molecular formula is C26H25BrN2O5. The van der Waals surface area contributed by atoms with E-state index in [1.165, 1.54) is 4.90 Å². The molecule has 8 heteroatoms. The van der Waals surface area contributed by atoms with Gasteiger partial charge in [0.05, 0.1) is 20.8 Å². The normalized spacial score (nSPS) is 15.1. The fourth-order valence-corrected chi connectivity index (χ4v) is 4.25. The zero-order chi connectivity index (χ0) is 24.2. The molecule has 0 spiro atoms. The van der Waals surface area contributed by atoms with E-state index in [9.17, 15) is 9.59 Å². The molecule has 4 rings (SSSR count). The van der Waals surface area contributed by atoms with Crippen molar-refractivity contribution < 1.29 is 23.8 Å². The molecule has 2 amide bonds. The van der Waals surface area contributed by atoms with Crippen LogP contribution in [0.2, 0.25) is 0 Å². The Morgan fingerprint density at radius 1 is 1.12 bits per heavy atom. The molecule has 1 unspecified atom stereocenters. The SMILES string of the molecule is COc1ccc(CN2C(=O)COc3c(C)cccc3C2C(=O)Nc2ccc(Br)cc2)c(OC)c1. The summed E-state index contributed by atoms with van der Waals surface area (Å²) in [7, 11) is 3.13. The number of anilines is 1. The lowest BCUT2D eigenvalue weighted by Crippen LogP contribution is -2.41. The van der Waals surface area contributed by atoms with Crippen molar-refractivity contribution >= 4 is 33.4 Å². The number of nitrogens with zero attached hydrogens (tertiary/aromatic N) is 1. The van der Waals surface area contributed by atoms with Gasteiger partial charge in [0.15, 0.2) is 6.61 Å². The van der Waals surface area contributed by atoms with E-state index in [0.717, 1.165) is 15.6 Å². The van der Waals surface area contributed by atoms with Gasteiger partial charge in [-0.15, -0.1) is 0 Å². The molecule has 34 heavy (non-hydrogen) atoms. The van der Waals surface area contributed by atoms with Crippen LogP contribution in [0.1, 0.15) is 22.7 Å². The van der Waals surface area contributed by atoms with Crippen LogP contribution in [0, 0.1) is 6.92 Å². The topological polar surface area (TPSA) is 77.1 Å². The van der Waals surface area contributed by atoms with Crippen molar-refractivity contribution in [1.82, 2.24) is 4.90 Å². The summed E-state index contributed by atoms with van der Waals surface area (Å²) >= 11 is 3.40. The average molecular weight is 525 g/mol. The molecule has 0 fully saturated rings. The third kappa shape index (κ3) is 4.87. The monoisotopic (exact) mass is 524 g/mol. The Kier molecular flexibility index (Phi) is 7.07. The second kappa shape index (κ2) is 10.2. The highest BCUT2D eigenvalue weighted by Crippen LogP contribution is 2.37. The van der Waals surface area contributed by atoms with Crippen molar-refractivity contribution in [2.75, 3.05) is 26.1 Å². The van der Waals surface area contributed by atoms with Gasteiger partial charge in [0, 0.05) is 27.4 Å². The van der Waals surface area contributed by atoms with Crippen LogP contribution in [0.3, 0.4) is 0 Å². The van der Waals surface area contributed by atoms with E-state index < -0.39 is 6.04 Å². The number of rotatable bonds is 6. The van der Waals surface area contributed by atoms with Gasteiger partial charge in [-0.2, -0.15) is 0 Å². The van der Waals surface area contributed by atoms with Gasteiger partial charge in [-0.1, -0.05) is 34.1 Å². The molecular weight excluding hydrogens is 500 g/mol. The van der Waals surface area contributed by atoms with Crippen molar-refractivity contribution in [1.29, 1.82) is 0 Å². The first kappa shape index (κ1) is 23.6. The number of benzene rings is 3. The van der Waals surface area contributed by atoms with Gasteiger partial charge >= 0.3 is 0 Å². The van der Waals surface area contributed by atoms with Gasteiger partial charge in [0.1, 0.15) is 23.3 Å². The summed E-state index contributed by atoms with van der Waals surface area (Å²) in [4.78, 5) is 28.5. The highest BCUT2D eigenvalue weighted by atomic mass is 79.9. The highest BCUT2D eigenvalue weighted by Gasteiger charge is 2.37. The van der Waals surface area contributed by atoms with E-state index >= 15 is 0 Å². The predicted molar refractivity (Wildman–Crippen MR) is 132 cm³/mol. The molecule has 0 aromatic heterocycles. The third-order valence-corrected chi connectivity index (χ3v) is 6.23. The Morgan fingerprint density at radius 2 is 1.88 bits per heavy atom. The molecule has 176 valence electrons. The van der Waals surface area contributed by atoms with Gasteiger partial charge in [-0.3, -0.25) is 9.59 Å². The van der Waals surface area contributed by atoms with Crippen molar-refractivity contribution in [3.63, 3.8) is 0 Å². The number of hydrogen-bond acceptors (Lipinski definition) is 5. The van der Waals surface area contributed by atoms with Gasteiger partial charge in [-0.25, -0.2) is 0 Å². The van der Waals surface area contributed by atoms with E-state index in [2.05, 4.69) is 21.2 Å². The summed E-state index contributed by atoms with van der Waals surface area (Å²) in [6.07, 6.45) is 0. The standard InChI is InChI=1S/C26H25BrN2O5/c1-16-5-4-6-21-24(26(31)28-19-10-8-18(27)9-11-19)29(23(30)15-34-25(16)21)14-17-7-12-20(32-2)13-22(17)33-3/h4-13,24H,14-15H2,1-3H3,(H,28,31). The van der Waals surface area contributed by atoms with Crippen LogP contribution < -0.4 is 19.5 Å². The minimum atomic E-state index is -0.902. The van der Waals surface area contributed by atoms with Crippen molar-refractivity contribution in [3.8, 4) is 17.2 Å². The molecule has 3 aromatic rings. The maximum absolute atomic E-state index is 13.7. The molecule has 0 saturated heterocycles. The number of carbonyl (C=O) groups is 2. The molecule has 1 aliphatic rings. The fourth-order valence-electron chi connectivity index (χ4n) is 3.99. The lowest BCUT2D eigenvalue weighted by Gasteiger charge is -2.30. The molecule has 1 heterocycles. The lowest BCUT2D eigenvalue weighted by atomic mass is 9.99. The second-order valence-electron chi connectivity index (χ2n) is 7.88. The van der Waals surface area contributed by atoms with Crippen LogP contribution in [-0.4, -0.2) is 37.5 Å². The Labute approximate surface area is 206 Å². The number of nitrogens with one attached hydrogen (secondary N) is 1. The minimum absolute atomic E-state index is 0.154. The van der Waals surface area contributed by atoms with Crippen LogP contribution in [0.5, 0.6) is 17.2 Å². The van der Waals surface area contributed by atoms with Crippen molar-refractivity contribution in [2.24, 2.45) is 0 Å². The molecule has 1 aliphatic heterocycles. The highest BCUT2D eigenvalue weighted by molar-refractivity contribution is 9.10. The molecule has 7 nitrogen and oxygen atoms in total. The number of aryl methyl sites for hydroxylation is 1. The van der Waals surface area contributed by atoms with Gasteiger partial charge in [-0.05, 0) is 48.9 Å². The van der Waals surface area contributed by atoms with Gasteiger partial charge in [0.2, 0.25) is 0 Å². The van der Waals surface area contributed by atoms with Crippen molar-refractivity contribution in [2.45, 2.75) is 19.5 Å². The van der Waals surface area contributed by atoms with Crippen LogP contribution in [0.4, 0.5) is 5.69 Å². The number of halogens is 1. The Hall–Kier alpha value is -3.52. The Bertz CT molecular complexity index is 1210. The minimum Gasteiger partial charge on any atom is -0.497 e. The number of hydrogen-bond donors (Lipinski definition) is 1. The predicted octanol–water partition coefficient (Wildman–Crippen LogP) is 4.88. The second-order valence-corrected chi connectivity index (χ2v) is 8.80. The van der Waals surface area contributed by atoms with Crippen LogP contribution in [-0.2, 0) is 16.1 Å². The summed E-state index contributed by atoms with van der Waals surface area (Å²) in [6.45, 7) is 1.88. The number of para-hydroxylation sites is 1. The number of fused-ring (bicyclic) bond motifs is 1. The molecule has 0 radical (unpaired) electrons. The van der Waals surface area contributed by atoms with Crippen LogP contribution >= 0.6 is 15.9 Å². The average Bonchev–Trinajstić information content (AvgIpc) is 2.98. The van der Waals surface area contributed by atoms with E-state index in [1.807, 2.05) is 43.3 Å². The molecule has 0 bridgehead atoms. The van der Waals surface area contributed by atoms with Gasteiger partial charge < -0.3 is 24.4 Å². The molecule has 1 N–H and O–H groups in total. The van der Waals surface area contributed by atoms with Crippen LogP contribution in [0.15, 0.2) is 65.1 Å².